The molecule has 1 aliphatic rings. The van der Waals surface area contributed by atoms with Crippen LogP contribution in [0, 0.1) is 0 Å². The molecule has 0 saturated carbocycles. The predicted molar refractivity (Wildman–Crippen MR) is 105 cm³/mol. The molecular weight excluding hydrogens is 362 g/mol. The van der Waals surface area contributed by atoms with E-state index in [1.807, 2.05) is 48.3 Å². The molecule has 138 valence electrons. The lowest BCUT2D eigenvalue weighted by Crippen LogP contribution is -2.26. The van der Waals surface area contributed by atoms with E-state index in [0.717, 1.165) is 22.7 Å². The van der Waals surface area contributed by atoms with Gasteiger partial charge in [-0.25, -0.2) is 4.79 Å². The van der Waals surface area contributed by atoms with Crippen LogP contribution in [0.5, 0.6) is 0 Å². The maximum Gasteiger partial charge on any atom is 0.339 e. The molecule has 3 heterocycles. The molecule has 0 unspecified atom stereocenters. The number of aromatic carboxylic acids is 1. The monoisotopic (exact) mass is 381 g/mol. The van der Waals surface area contributed by atoms with Crippen LogP contribution in [0.1, 0.15) is 31.2 Å². The van der Waals surface area contributed by atoms with E-state index in [4.69, 9.17) is 0 Å². The molecule has 4 rings (SSSR count). The third kappa shape index (κ3) is 3.39. The molecular formula is C20H19N3O3S. The molecule has 1 aliphatic heterocycles. The number of amides is 1. The van der Waals surface area contributed by atoms with Gasteiger partial charge in [-0.2, -0.15) is 0 Å². The first-order valence-electron chi connectivity index (χ1n) is 8.64. The number of nitrogens with one attached hydrogen (secondary N) is 1. The van der Waals surface area contributed by atoms with Crippen LogP contribution in [0.15, 0.2) is 48.8 Å². The lowest BCUT2D eigenvalue weighted by molar-refractivity contribution is 0.0696. The summed E-state index contributed by atoms with van der Waals surface area (Å²) in [5.41, 5.74) is 2.53. The summed E-state index contributed by atoms with van der Waals surface area (Å²) >= 11 is 1.36. The van der Waals surface area contributed by atoms with Crippen LogP contribution in [-0.4, -0.2) is 40.0 Å². The summed E-state index contributed by atoms with van der Waals surface area (Å²) in [7, 11) is 2.01. The Labute approximate surface area is 160 Å². The zero-order valence-corrected chi connectivity index (χ0v) is 15.6. The molecule has 2 aromatic heterocycles. The van der Waals surface area contributed by atoms with Gasteiger partial charge < -0.3 is 19.9 Å². The Kier molecular flexibility index (Phi) is 4.55. The second-order valence-electron chi connectivity index (χ2n) is 6.59. The van der Waals surface area contributed by atoms with Crippen LogP contribution < -0.4 is 5.32 Å². The molecule has 27 heavy (non-hydrogen) atoms. The van der Waals surface area contributed by atoms with E-state index in [0.29, 0.717) is 23.5 Å². The van der Waals surface area contributed by atoms with E-state index in [1.54, 1.807) is 12.1 Å². The van der Waals surface area contributed by atoms with Gasteiger partial charge in [0.15, 0.2) is 0 Å². The van der Waals surface area contributed by atoms with Crippen LogP contribution >= 0.6 is 11.3 Å². The summed E-state index contributed by atoms with van der Waals surface area (Å²) < 4.78 is 1.95. The van der Waals surface area contributed by atoms with Crippen molar-refractivity contribution in [2.24, 2.45) is 0 Å². The van der Waals surface area contributed by atoms with Gasteiger partial charge in [0.05, 0.1) is 5.56 Å². The number of hydrogen-bond donors (Lipinski definition) is 2. The maximum atomic E-state index is 12.6. The number of carboxylic acid groups (broad SMARTS) is 1. The van der Waals surface area contributed by atoms with E-state index in [-0.39, 0.29) is 11.5 Å². The van der Waals surface area contributed by atoms with Gasteiger partial charge in [-0.05, 0) is 55.4 Å². The first-order chi connectivity index (χ1) is 13.0. The highest BCUT2D eigenvalue weighted by atomic mass is 32.1. The molecule has 0 bridgehead atoms. The fourth-order valence-electron chi connectivity index (χ4n) is 3.31. The molecule has 2 N–H and O–H groups in total. The van der Waals surface area contributed by atoms with Crippen molar-refractivity contribution in [1.82, 2.24) is 9.47 Å². The van der Waals surface area contributed by atoms with Gasteiger partial charge >= 0.3 is 5.97 Å². The van der Waals surface area contributed by atoms with Crippen LogP contribution in [0.2, 0.25) is 0 Å². The number of fused-ring (bicyclic) bond motifs is 1. The van der Waals surface area contributed by atoms with Crippen molar-refractivity contribution in [1.29, 1.82) is 0 Å². The largest absolute Gasteiger partial charge is 0.478 e. The van der Waals surface area contributed by atoms with Crippen molar-refractivity contribution in [2.75, 3.05) is 18.9 Å². The lowest BCUT2D eigenvalue weighted by atomic mass is 10.0. The van der Waals surface area contributed by atoms with Crippen LogP contribution in [0.3, 0.4) is 0 Å². The van der Waals surface area contributed by atoms with Gasteiger partial charge in [-0.1, -0.05) is 0 Å². The van der Waals surface area contributed by atoms with Gasteiger partial charge in [-0.15, -0.1) is 11.3 Å². The second kappa shape index (κ2) is 7.02. The average molecular weight is 381 g/mol. The van der Waals surface area contributed by atoms with Gasteiger partial charge in [0.25, 0.3) is 5.91 Å². The van der Waals surface area contributed by atoms with E-state index in [1.165, 1.54) is 11.3 Å². The van der Waals surface area contributed by atoms with Gasteiger partial charge in [0, 0.05) is 41.6 Å². The molecule has 0 fully saturated rings. The number of carbonyl (C=O) groups excluding carboxylic acids is 1. The molecule has 6 nitrogen and oxygen atoms in total. The summed E-state index contributed by atoms with van der Waals surface area (Å²) in [5.74, 6) is -1.29. The third-order valence-corrected chi connectivity index (χ3v) is 5.85. The minimum absolute atomic E-state index is 0.236. The van der Waals surface area contributed by atoms with Gasteiger partial charge in [0.2, 0.25) is 0 Å². The zero-order chi connectivity index (χ0) is 19.0. The summed E-state index contributed by atoms with van der Waals surface area (Å²) in [5, 5.41) is 12.9. The van der Waals surface area contributed by atoms with Crippen molar-refractivity contribution >= 4 is 28.2 Å². The molecule has 0 aliphatic carbocycles. The Hall–Kier alpha value is -2.90. The van der Waals surface area contributed by atoms with Crippen LogP contribution in [-0.2, 0) is 13.0 Å². The Balaban J connectivity index is 1.59. The number of carbonyl (C=O) groups is 2. The first-order valence-corrected chi connectivity index (χ1v) is 9.45. The standard InChI is InChI=1S/C20H19N3O3S/c1-22-11-8-15-16(12-22)27-19(17(15)20(25)26)21-18(24)13-4-6-14(7-5-13)23-9-2-3-10-23/h2-7,9-10H,8,11-12H2,1H3,(H,21,24)(H,25,26). The topological polar surface area (TPSA) is 74.6 Å². The minimum Gasteiger partial charge on any atom is -0.478 e. The summed E-state index contributed by atoms with van der Waals surface area (Å²) in [6, 6.07) is 11.1. The summed E-state index contributed by atoms with van der Waals surface area (Å²) in [4.78, 5) is 27.6. The number of anilines is 1. The molecule has 1 amide bonds. The first kappa shape index (κ1) is 17.5. The number of rotatable bonds is 4. The van der Waals surface area contributed by atoms with Crippen molar-refractivity contribution in [3.05, 3.63) is 70.4 Å². The van der Waals surface area contributed by atoms with Gasteiger partial charge in [0.1, 0.15) is 5.00 Å². The molecule has 1 aromatic carbocycles. The Morgan fingerprint density at radius 1 is 1.15 bits per heavy atom. The van der Waals surface area contributed by atoms with Gasteiger partial charge in [-0.3, -0.25) is 4.79 Å². The smallest absolute Gasteiger partial charge is 0.339 e. The second-order valence-corrected chi connectivity index (χ2v) is 7.70. The van der Waals surface area contributed by atoms with E-state index in [2.05, 4.69) is 10.2 Å². The van der Waals surface area contributed by atoms with Crippen molar-refractivity contribution in [3.8, 4) is 5.69 Å². The molecule has 7 heteroatoms. The average Bonchev–Trinajstić information content (AvgIpc) is 3.29. The minimum atomic E-state index is -0.990. The fourth-order valence-corrected chi connectivity index (χ4v) is 4.63. The number of likely N-dealkylation sites (N-methyl/N-ethyl adjacent to an activating group) is 1. The lowest BCUT2D eigenvalue weighted by Gasteiger charge is -2.22. The number of carboxylic acids is 1. The van der Waals surface area contributed by atoms with Crippen molar-refractivity contribution in [3.63, 3.8) is 0 Å². The number of aromatic nitrogens is 1. The Bertz CT molecular complexity index is 990. The number of nitrogens with zero attached hydrogens (tertiary/aromatic N) is 2. The molecule has 0 radical (unpaired) electrons. The van der Waals surface area contributed by atoms with Crippen LogP contribution in [0.4, 0.5) is 5.00 Å². The summed E-state index contributed by atoms with van der Waals surface area (Å²) in [6.07, 6.45) is 4.55. The Morgan fingerprint density at radius 2 is 1.85 bits per heavy atom. The predicted octanol–water partition coefficient (Wildman–Crippen LogP) is 3.48. The van der Waals surface area contributed by atoms with E-state index < -0.39 is 5.97 Å². The SMILES string of the molecule is CN1CCc2c(sc(NC(=O)c3ccc(-n4cccc4)cc3)c2C(=O)O)C1. The fraction of sp³-hybridized carbons (Fsp3) is 0.200. The van der Waals surface area contributed by atoms with E-state index >= 15 is 0 Å². The molecule has 0 spiro atoms. The number of hydrogen-bond acceptors (Lipinski definition) is 4. The molecule has 3 aromatic rings. The van der Waals surface area contributed by atoms with Crippen molar-refractivity contribution < 1.29 is 14.7 Å². The number of benzene rings is 1. The van der Waals surface area contributed by atoms with E-state index in [9.17, 15) is 14.7 Å². The highest BCUT2D eigenvalue weighted by Gasteiger charge is 2.27. The Morgan fingerprint density at radius 3 is 2.52 bits per heavy atom. The maximum absolute atomic E-state index is 12.6. The zero-order valence-electron chi connectivity index (χ0n) is 14.8. The highest BCUT2D eigenvalue weighted by Crippen LogP contribution is 2.37. The third-order valence-electron chi connectivity index (χ3n) is 4.72. The highest BCUT2D eigenvalue weighted by molar-refractivity contribution is 7.17. The van der Waals surface area contributed by atoms with Crippen molar-refractivity contribution in [2.45, 2.75) is 13.0 Å². The summed E-state index contributed by atoms with van der Waals surface area (Å²) in [6.45, 7) is 1.53. The normalized spacial score (nSPS) is 14.0. The molecule has 0 atom stereocenters. The molecule has 0 saturated heterocycles. The number of thiophene rings is 1. The van der Waals surface area contributed by atoms with Crippen LogP contribution in [0.25, 0.3) is 5.69 Å². The quantitative estimate of drug-likeness (QED) is 0.726.